The zero-order valence-electron chi connectivity index (χ0n) is 17.2. The molecule has 0 saturated carbocycles. The lowest BCUT2D eigenvalue weighted by Gasteiger charge is -2.14. The second-order valence-electron chi connectivity index (χ2n) is 7.12. The molecule has 0 radical (unpaired) electrons. The second kappa shape index (κ2) is 10.5. The van der Waals surface area contributed by atoms with Crippen LogP contribution in [0.4, 0.5) is 13.2 Å². The molecule has 0 fully saturated rings. The summed E-state index contributed by atoms with van der Waals surface area (Å²) in [7, 11) is 0. The lowest BCUT2D eigenvalue weighted by molar-refractivity contribution is -0.137. The highest BCUT2D eigenvalue weighted by molar-refractivity contribution is 5.37. The molecule has 0 amide bonds. The SMILES string of the molecule is O=c1[nH]c(=O)n(COC(CO)CO)cc1Cc1cccc(Oc2cccc(C(F)(F)F)c2)c1. The van der Waals surface area contributed by atoms with Crippen LogP contribution in [0.2, 0.25) is 0 Å². The third kappa shape index (κ3) is 6.54. The summed E-state index contributed by atoms with van der Waals surface area (Å²) in [5.41, 5.74) is -1.34. The molecule has 176 valence electrons. The van der Waals surface area contributed by atoms with Gasteiger partial charge in [-0.05, 0) is 35.9 Å². The zero-order valence-corrected chi connectivity index (χ0v) is 17.2. The number of halogens is 3. The van der Waals surface area contributed by atoms with Crippen LogP contribution in [0.3, 0.4) is 0 Å². The van der Waals surface area contributed by atoms with Crippen molar-refractivity contribution in [3.63, 3.8) is 0 Å². The van der Waals surface area contributed by atoms with E-state index in [9.17, 15) is 22.8 Å². The molecule has 0 aliphatic heterocycles. The number of aromatic amines is 1. The lowest BCUT2D eigenvalue weighted by atomic mass is 10.1. The van der Waals surface area contributed by atoms with Gasteiger partial charge in [-0.3, -0.25) is 14.3 Å². The second-order valence-corrected chi connectivity index (χ2v) is 7.12. The molecule has 3 aromatic rings. The van der Waals surface area contributed by atoms with Crippen molar-refractivity contribution in [2.45, 2.75) is 25.4 Å². The fraction of sp³-hybridized carbons (Fsp3) is 0.273. The van der Waals surface area contributed by atoms with Gasteiger partial charge in [0.25, 0.3) is 5.56 Å². The molecule has 0 aliphatic rings. The van der Waals surface area contributed by atoms with Crippen molar-refractivity contribution in [2.75, 3.05) is 13.2 Å². The van der Waals surface area contributed by atoms with Gasteiger partial charge < -0.3 is 19.7 Å². The lowest BCUT2D eigenvalue weighted by Crippen LogP contribution is -2.34. The number of nitrogens with one attached hydrogen (secondary N) is 1. The van der Waals surface area contributed by atoms with Crippen LogP contribution in [-0.2, 0) is 24.1 Å². The Morgan fingerprint density at radius 2 is 1.67 bits per heavy atom. The molecule has 0 unspecified atom stereocenters. The third-order valence-electron chi connectivity index (χ3n) is 4.63. The molecule has 33 heavy (non-hydrogen) atoms. The van der Waals surface area contributed by atoms with Crippen molar-refractivity contribution >= 4 is 0 Å². The molecular formula is C22H21F3N2O6. The van der Waals surface area contributed by atoms with Gasteiger partial charge in [0.05, 0.1) is 18.8 Å². The van der Waals surface area contributed by atoms with Crippen LogP contribution < -0.4 is 16.0 Å². The summed E-state index contributed by atoms with van der Waals surface area (Å²) >= 11 is 0. The van der Waals surface area contributed by atoms with Gasteiger partial charge in [-0.2, -0.15) is 13.2 Å². The van der Waals surface area contributed by atoms with Gasteiger partial charge in [-0.1, -0.05) is 18.2 Å². The van der Waals surface area contributed by atoms with Gasteiger partial charge in [0.15, 0.2) is 0 Å². The van der Waals surface area contributed by atoms with Crippen molar-refractivity contribution in [3.05, 3.63) is 92.3 Å². The van der Waals surface area contributed by atoms with Crippen molar-refractivity contribution in [1.82, 2.24) is 9.55 Å². The van der Waals surface area contributed by atoms with Crippen LogP contribution in [-0.4, -0.2) is 39.1 Å². The van der Waals surface area contributed by atoms with Crippen LogP contribution in [0.15, 0.2) is 64.3 Å². The average Bonchev–Trinajstić information content (AvgIpc) is 2.77. The molecule has 0 saturated heterocycles. The summed E-state index contributed by atoms with van der Waals surface area (Å²) in [5.74, 6) is 0.279. The van der Waals surface area contributed by atoms with Gasteiger partial charge in [0.2, 0.25) is 0 Å². The van der Waals surface area contributed by atoms with Gasteiger partial charge in [-0.15, -0.1) is 0 Å². The van der Waals surface area contributed by atoms with E-state index in [2.05, 4.69) is 4.98 Å². The molecule has 11 heteroatoms. The van der Waals surface area contributed by atoms with E-state index in [1.165, 1.54) is 18.3 Å². The van der Waals surface area contributed by atoms with E-state index < -0.39 is 42.3 Å². The number of aliphatic hydroxyl groups is 2. The van der Waals surface area contributed by atoms with Crippen LogP contribution in [0.1, 0.15) is 16.7 Å². The minimum atomic E-state index is -4.50. The van der Waals surface area contributed by atoms with Crippen LogP contribution in [0.25, 0.3) is 0 Å². The van der Waals surface area contributed by atoms with Crippen molar-refractivity contribution < 1.29 is 32.9 Å². The molecule has 8 nitrogen and oxygen atoms in total. The molecule has 1 aromatic heterocycles. The van der Waals surface area contributed by atoms with Crippen LogP contribution in [0, 0.1) is 0 Å². The first kappa shape index (κ1) is 24.2. The molecule has 1 heterocycles. The van der Waals surface area contributed by atoms with Crippen molar-refractivity contribution in [1.29, 1.82) is 0 Å². The number of nitrogens with zero attached hydrogens (tertiary/aromatic N) is 1. The summed E-state index contributed by atoms with van der Waals surface area (Å²) in [5, 5.41) is 18.1. The smallest absolute Gasteiger partial charge is 0.416 e. The summed E-state index contributed by atoms with van der Waals surface area (Å²) in [6, 6.07) is 10.9. The first-order chi connectivity index (χ1) is 15.7. The van der Waals surface area contributed by atoms with Gasteiger partial charge in [0, 0.05) is 18.2 Å². The maximum Gasteiger partial charge on any atom is 0.416 e. The Hall–Kier alpha value is -3.41. The zero-order chi connectivity index (χ0) is 24.0. The first-order valence-electron chi connectivity index (χ1n) is 9.79. The fourth-order valence-corrected chi connectivity index (χ4v) is 2.94. The van der Waals surface area contributed by atoms with Crippen LogP contribution in [0.5, 0.6) is 11.5 Å². The van der Waals surface area contributed by atoms with Crippen molar-refractivity contribution in [3.8, 4) is 11.5 Å². The summed E-state index contributed by atoms with van der Waals surface area (Å²) in [4.78, 5) is 26.4. The molecule has 0 aliphatic carbocycles. The maximum absolute atomic E-state index is 12.9. The maximum atomic E-state index is 12.9. The number of hydrogen-bond donors (Lipinski definition) is 3. The number of alkyl halides is 3. The van der Waals surface area contributed by atoms with E-state index in [0.717, 1.165) is 16.7 Å². The van der Waals surface area contributed by atoms with Gasteiger partial charge >= 0.3 is 11.9 Å². The standard InChI is InChI=1S/C22H21F3N2O6/c23-22(24,25)16-4-2-6-18(9-16)33-17-5-1-3-14(8-17)7-15-10-27(21(31)26-20(15)30)13-32-19(11-28)12-29/h1-6,8-10,19,28-29H,7,11-13H2,(H,26,30,31). The van der Waals surface area contributed by atoms with E-state index in [1.54, 1.807) is 24.3 Å². The van der Waals surface area contributed by atoms with Crippen LogP contribution >= 0.6 is 0 Å². The number of hydrogen-bond acceptors (Lipinski definition) is 6. The number of aliphatic hydroxyl groups excluding tert-OH is 2. The Kier molecular flexibility index (Phi) is 7.69. The fourth-order valence-electron chi connectivity index (χ4n) is 2.94. The Balaban J connectivity index is 1.78. The molecule has 0 bridgehead atoms. The highest BCUT2D eigenvalue weighted by Crippen LogP contribution is 2.32. The van der Waals surface area contributed by atoms with Gasteiger partial charge in [0.1, 0.15) is 24.3 Å². The van der Waals surface area contributed by atoms with Gasteiger partial charge in [-0.25, -0.2) is 4.79 Å². The monoisotopic (exact) mass is 466 g/mol. The molecule has 0 spiro atoms. The quantitative estimate of drug-likeness (QED) is 0.446. The largest absolute Gasteiger partial charge is 0.457 e. The Labute approximate surface area is 185 Å². The molecule has 2 aromatic carbocycles. The van der Waals surface area contributed by atoms with E-state index in [0.29, 0.717) is 5.56 Å². The third-order valence-corrected chi connectivity index (χ3v) is 4.63. The predicted molar refractivity (Wildman–Crippen MR) is 111 cm³/mol. The predicted octanol–water partition coefficient (Wildman–Crippen LogP) is 2.27. The normalized spacial score (nSPS) is 11.7. The highest BCUT2D eigenvalue weighted by atomic mass is 19.4. The minimum Gasteiger partial charge on any atom is -0.457 e. The molecular weight excluding hydrogens is 445 g/mol. The number of rotatable bonds is 9. The Bertz CT molecular complexity index is 1200. The number of ether oxygens (including phenoxy) is 2. The summed E-state index contributed by atoms with van der Waals surface area (Å²) in [6.07, 6.45) is -3.98. The van der Waals surface area contributed by atoms with E-state index in [4.69, 9.17) is 19.7 Å². The molecule has 3 N–H and O–H groups in total. The molecule has 3 rings (SSSR count). The average molecular weight is 466 g/mol. The number of H-pyrrole nitrogens is 1. The van der Waals surface area contributed by atoms with E-state index in [1.807, 2.05) is 0 Å². The summed E-state index contributed by atoms with van der Waals surface area (Å²) < 4.78 is 50.6. The van der Waals surface area contributed by atoms with Crippen molar-refractivity contribution in [2.24, 2.45) is 0 Å². The highest BCUT2D eigenvalue weighted by Gasteiger charge is 2.30. The summed E-state index contributed by atoms with van der Waals surface area (Å²) in [6.45, 7) is -1.19. The first-order valence-corrected chi connectivity index (χ1v) is 9.79. The topological polar surface area (TPSA) is 114 Å². The number of benzene rings is 2. The Morgan fingerprint density at radius 3 is 2.33 bits per heavy atom. The Morgan fingerprint density at radius 1 is 1.00 bits per heavy atom. The minimum absolute atomic E-state index is 0.00726. The van der Waals surface area contributed by atoms with E-state index >= 15 is 0 Å². The van der Waals surface area contributed by atoms with E-state index in [-0.39, 0.29) is 30.2 Å². The molecule has 0 atom stereocenters. The number of aromatic nitrogens is 2.